The molecule has 0 saturated heterocycles. The molecular weight excluding hydrogens is 262 g/mol. The number of hydrogen-bond acceptors (Lipinski definition) is 5. The summed E-state index contributed by atoms with van der Waals surface area (Å²) in [4.78, 5) is 23.7. The molecule has 1 amide bonds. The van der Waals surface area contributed by atoms with Crippen LogP contribution >= 0.6 is 0 Å². The van der Waals surface area contributed by atoms with Gasteiger partial charge < -0.3 is 15.3 Å². The summed E-state index contributed by atoms with van der Waals surface area (Å²) in [5.74, 6) is -0.170. The average Bonchev–Trinajstić information content (AvgIpc) is 2.63. The summed E-state index contributed by atoms with van der Waals surface area (Å²) in [5.41, 5.74) is 0.551. The number of aliphatic hydroxyl groups is 1. The molecule has 0 saturated carbocycles. The lowest BCUT2D eigenvalue weighted by atomic mass is 10.1. The number of nitro benzene ring substituents is 1. The maximum absolute atomic E-state index is 11.4. The molecule has 2 N–H and O–H groups in total. The third-order valence-electron chi connectivity index (χ3n) is 3.06. The molecule has 0 radical (unpaired) electrons. The molecule has 2 rings (SSSR count). The van der Waals surface area contributed by atoms with Crippen molar-refractivity contribution in [1.82, 2.24) is 0 Å². The van der Waals surface area contributed by atoms with E-state index < -0.39 is 10.5 Å². The first-order valence-corrected chi connectivity index (χ1v) is 6.22. The van der Waals surface area contributed by atoms with Crippen molar-refractivity contribution in [2.24, 2.45) is 0 Å². The topological polar surface area (TPSA) is 95.7 Å². The van der Waals surface area contributed by atoms with Gasteiger partial charge in [0.1, 0.15) is 5.69 Å². The van der Waals surface area contributed by atoms with Crippen molar-refractivity contribution >= 4 is 23.0 Å². The van der Waals surface area contributed by atoms with Crippen molar-refractivity contribution in [2.75, 3.05) is 23.8 Å². The van der Waals surface area contributed by atoms with Crippen LogP contribution in [0.4, 0.5) is 17.1 Å². The van der Waals surface area contributed by atoms with Crippen LogP contribution < -0.4 is 10.2 Å². The number of nitrogens with zero attached hydrogens (tertiary/aromatic N) is 2. The Hall–Kier alpha value is -2.15. The summed E-state index contributed by atoms with van der Waals surface area (Å²) < 4.78 is 0. The number of carbonyl (C=O) groups is 1. The molecular formula is C13H17N3O4. The molecule has 7 heteroatoms. The van der Waals surface area contributed by atoms with E-state index in [0.717, 1.165) is 0 Å². The van der Waals surface area contributed by atoms with Crippen molar-refractivity contribution in [2.45, 2.75) is 25.9 Å². The van der Waals surface area contributed by atoms with E-state index in [0.29, 0.717) is 16.9 Å². The summed E-state index contributed by atoms with van der Waals surface area (Å²) in [5, 5.41) is 23.7. The van der Waals surface area contributed by atoms with Gasteiger partial charge in [-0.25, -0.2) is 0 Å². The van der Waals surface area contributed by atoms with Crippen LogP contribution in [0.3, 0.4) is 0 Å². The quantitative estimate of drug-likeness (QED) is 0.639. The fourth-order valence-corrected chi connectivity index (χ4v) is 2.37. The molecule has 0 unspecified atom stereocenters. The third kappa shape index (κ3) is 2.88. The zero-order chi connectivity index (χ0) is 15.1. The molecule has 1 heterocycles. The van der Waals surface area contributed by atoms with Crippen molar-refractivity contribution in [3.8, 4) is 0 Å². The van der Waals surface area contributed by atoms with Crippen molar-refractivity contribution in [1.29, 1.82) is 0 Å². The molecule has 0 bridgehead atoms. The second kappa shape index (κ2) is 4.75. The van der Waals surface area contributed by atoms with Gasteiger partial charge in [0.15, 0.2) is 0 Å². The second-order valence-electron chi connectivity index (χ2n) is 5.65. The zero-order valence-corrected chi connectivity index (χ0v) is 11.6. The van der Waals surface area contributed by atoms with Crippen LogP contribution in [0.2, 0.25) is 0 Å². The lowest BCUT2D eigenvalue weighted by Gasteiger charge is -2.27. The lowest BCUT2D eigenvalue weighted by Crippen LogP contribution is -2.36. The van der Waals surface area contributed by atoms with E-state index in [1.54, 1.807) is 31.9 Å². The van der Waals surface area contributed by atoms with E-state index in [1.807, 2.05) is 0 Å². The SMILES string of the molecule is CN(CC(C)(C)O)c1cc2c(cc1[N+](=O)[O-])CC(=O)N2. The first-order chi connectivity index (χ1) is 9.17. The van der Waals surface area contributed by atoms with Gasteiger partial charge in [0.25, 0.3) is 5.69 Å². The maximum atomic E-state index is 11.4. The Morgan fingerprint density at radius 3 is 2.70 bits per heavy atom. The van der Waals surface area contributed by atoms with E-state index in [-0.39, 0.29) is 24.6 Å². The highest BCUT2D eigenvalue weighted by atomic mass is 16.6. The maximum Gasteiger partial charge on any atom is 0.292 e. The number of nitro groups is 1. The van der Waals surface area contributed by atoms with Gasteiger partial charge in [-0.1, -0.05) is 0 Å². The minimum absolute atomic E-state index is 0.0630. The summed E-state index contributed by atoms with van der Waals surface area (Å²) in [6.45, 7) is 3.50. The van der Waals surface area contributed by atoms with Crippen molar-refractivity contribution < 1.29 is 14.8 Å². The van der Waals surface area contributed by atoms with Crippen LogP contribution in [0.5, 0.6) is 0 Å². The Kier molecular flexibility index (Phi) is 3.39. The number of hydrogen-bond donors (Lipinski definition) is 2. The Morgan fingerprint density at radius 2 is 2.15 bits per heavy atom. The molecule has 0 aliphatic carbocycles. The van der Waals surface area contributed by atoms with Crippen LogP contribution in [0.1, 0.15) is 19.4 Å². The number of nitrogens with one attached hydrogen (secondary N) is 1. The number of carbonyl (C=O) groups excluding carboxylic acids is 1. The Morgan fingerprint density at radius 1 is 1.50 bits per heavy atom. The average molecular weight is 279 g/mol. The number of likely N-dealkylation sites (N-methyl/N-ethyl adjacent to an activating group) is 1. The monoisotopic (exact) mass is 279 g/mol. The van der Waals surface area contributed by atoms with Gasteiger partial charge in [-0.2, -0.15) is 0 Å². The van der Waals surface area contributed by atoms with Crippen LogP contribution in [-0.2, 0) is 11.2 Å². The highest BCUT2D eigenvalue weighted by molar-refractivity contribution is 6.00. The Balaban J connectivity index is 2.44. The van der Waals surface area contributed by atoms with E-state index in [4.69, 9.17) is 0 Å². The molecule has 0 aromatic heterocycles. The van der Waals surface area contributed by atoms with Crippen molar-refractivity contribution in [3.05, 3.63) is 27.8 Å². The normalized spacial score (nSPS) is 13.9. The molecule has 108 valence electrons. The molecule has 1 aliphatic heterocycles. The fraction of sp³-hybridized carbons (Fsp3) is 0.462. The first kappa shape index (κ1) is 14.3. The fourth-order valence-electron chi connectivity index (χ4n) is 2.37. The number of amides is 1. The Bertz CT molecular complexity index is 578. The molecule has 1 aliphatic rings. The summed E-state index contributed by atoms with van der Waals surface area (Å²) in [6, 6.07) is 3.01. The van der Waals surface area contributed by atoms with E-state index in [9.17, 15) is 20.0 Å². The molecule has 0 spiro atoms. The Labute approximate surface area is 116 Å². The summed E-state index contributed by atoms with van der Waals surface area (Å²) in [6.07, 6.45) is 0.158. The minimum atomic E-state index is -0.981. The van der Waals surface area contributed by atoms with Gasteiger partial charge >= 0.3 is 0 Å². The van der Waals surface area contributed by atoms with E-state index in [2.05, 4.69) is 5.32 Å². The third-order valence-corrected chi connectivity index (χ3v) is 3.06. The first-order valence-electron chi connectivity index (χ1n) is 6.22. The van der Waals surface area contributed by atoms with Gasteiger partial charge in [-0.05, 0) is 25.5 Å². The number of anilines is 2. The molecule has 20 heavy (non-hydrogen) atoms. The van der Waals surface area contributed by atoms with E-state index in [1.165, 1.54) is 6.07 Å². The largest absolute Gasteiger partial charge is 0.389 e. The van der Waals surface area contributed by atoms with Gasteiger partial charge in [-0.3, -0.25) is 14.9 Å². The zero-order valence-electron chi connectivity index (χ0n) is 11.6. The number of benzene rings is 1. The van der Waals surface area contributed by atoms with Gasteiger partial charge in [0.2, 0.25) is 5.91 Å². The van der Waals surface area contributed by atoms with Crippen LogP contribution in [0.25, 0.3) is 0 Å². The molecule has 7 nitrogen and oxygen atoms in total. The van der Waals surface area contributed by atoms with Crippen molar-refractivity contribution in [3.63, 3.8) is 0 Å². The number of fused-ring (bicyclic) bond motifs is 1. The van der Waals surface area contributed by atoms with Crippen LogP contribution in [-0.4, -0.2) is 35.1 Å². The highest BCUT2D eigenvalue weighted by Crippen LogP contribution is 2.36. The minimum Gasteiger partial charge on any atom is -0.389 e. The summed E-state index contributed by atoms with van der Waals surface area (Å²) in [7, 11) is 1.67. The predicted octanol–water partition coefficient (Wildman–Crippen LogP) is 1.30. The van der Waals surface area contributed by atoms with Gasteiger partial charge in [0.05, 0.1) is 16.9 Å². The molecule has 1 aromatic rings. The molecule has 1 aromatic carbocycles. The highest BCUT2D eigenvalue weighted by Gasteiger charge is 2.27. The van der Waals surface area contributed by atoms with Crippen LogP contribution in [0.15, 0.2) is 12.1 Å². The van der Waals surface area contributed by atoms with E-state index >= 15 is 0 Å². The smallest absolute Gasteiger partial charge is 0.292 e. The van der Waals surface area contributed by atoms with Crippen LogP contribution in [0, 0.1) is 10.1 Å². The predicted molar refractivity (Wildman–Crippen MR) is 75.0 cm³/mol. The second-order valence-corrected chi connectivity index (χ2v) is 5.65. The summed E-state index contributed by atoms with van der Waals surface area (Å²) >= 11 is 0. The molecule has 0 fully saturated rings. The van der Waals surface area contributed by atoms with Gasteiger partial charge in [-0.15, -0.1) is 0 Å². The number of rotatable bonds is 4. The van der Waals surface area contributed by atoms with Gasteiger partial charge in [0, 0.05) is 25.3 Å². The molecule has 0 atom stereocenters. The lowest BCUT2D eigenvalue weighted by molar-refractivity contribution is -0.384. The standard InChI is InChI=1S/C13H17N3O4/c1-13(2,18)7-15(3)10-6-9-8(5-12(17)14-9)4-11(10)16(19)20/h4,6,18H,5,7H2,1-3H3,(H,14,17).